The molecule has 1 saturated heterocycles. The predicted octanol–water partition coefficient (Wildman–Crippen LogP) is 3.02. The van der Waals surface area contributed by atoms with Crippen LogP contribution in [-0.4, -0.2) is 54.5 Å². The largest absolute Gasteiger partial charge is 0.494 e. The highest BCUT2D eigenvalue weighted by atomic mass is 16.5. The van der Waals surface area contributed by atoms with Crippen molar-refractivity contribution >= 4 is 23.3 Å². The van der Waals surface area contributed by atoms with Crippen molar-refractivity contribution < 1.29 is 24.2 Å². The molecule has 4 rings (SSSR count). The molecule has 2 unspecified atom stereocenters. The summed E-state index contributed by atoms with van der Waals surface area (Å²) in [5, 5.41) is 18.4. The summed E-state index contributed by atoms with van der Waals surface area (Å²) in [6, 6.07) is 11.8. The fourth-order valence-electron chi connectivity index (χ4n) is 4.69. The number of carbonyl (C=O) groups excluding carboxylic acids is 2. The van der Waals surface area contributed by atoms with E-state index in [2.05, 4.69) is 16.0 Å². The number of carbonyl (C=O) groups is 3. The van der Waals surface area contributed by atoms with Gasteiger partial charge in [0.05, 0.1) is 6.61 Å². The van der Waals surface area contributed by atoms with Crippen LogP contribution in [0.15, 0.2) is 48.5 Å². The number of ketones is 1. The maximum Gasteiger partial charge on any atom is 0.326 e. The molecule has 0 radical (unpaired) electrons. The monoisotopic (exact) mass is 479 g/mol. The maximum absolute atomic E-state index is 12.7. The number of unbranched alkanes of at least 4 members (excludes halogenated alkanes) is 1. The molecule has 2 aromatic carbocycles. The van der Waals surface area contributed by atoms with Crippen LogP contribution in [0.2, 0.25) is 0 Å². The van der Waals surface area contributed by atoms with Crippen LogP contribution in [0.1, 0.15) is 48.0 Å². The Morgan fingerprint density at radius 2 is 1.80 bits per heavy atom. The van der Waals surface area contributed by atoms with Gasteiger partial charge in [-0.2, -0.15) is 0 Å². The van der Waals surface area contributed by atoms with E-state index in [4.69, 9.17) is 4.74 Å². The first kappa shape index (κ1) is 24.7. The minimum atomic E-state index is -1.16. The summed E-state index contributed by atoms with van der Waals surface area (Å²) >= 11 is 0. The van der Waals surface area contributed by atoms with Gasteiger partial charge in [0.15, 0.2) is 11.8 Å². The molecule has 0 saturated carbocycles. The van der Waals surface area contributed by atoms with Crippen molar-refractivity contribution in [2.45, 2.75) is 50.6 Å². The Labute approximate surface area is 205 Å². The molecular weight excluding hydrogens is 446 g/mol. The van der Waals surface area contributed by atoms with Crippen molar-refractivity contribution in [2.24, 2.45) is 5.92 Å². The summed E-state index contributed by atoms with van der Waals surface area (Å²) in [6.07, 6.45) is 6.05. The van der Waals surface area contributed by atoms with Crippen LogP contribution in [0.4, 0.5) is 5.69 Å². The van der Waals surface area contributed by atoms with Crippen LogP contribution in [0.3, 0.4) is 0 Å². The molecule has 1 amide bonds. The Hall–Kier alpha value is -3.39. The van der Waals surface area contributed by atoms with Gasteiger partial charge in [-0.3, -0.25) is 9.59 Å². The van der Waals surface area contributed by atoms with Crippen LogP contribution in [0.25, 0.3) is 0 Å². The number of fused-ring (bicyclic) bond motifs is 1. The van der Waals surface area contributed by atoms with Gasteiger partial charge < -0.3 is 25.8 Å². The van der Waals surface area contributed by atoms with Crippen molar-refractivity contribution in [2.75, 3.05) is 25.0 Å². The predicted molar refractivity (Wildman–Crippen MR) is 133 cm³/mol. The Bertz CT molecular complexity index is 1030. The molecule has 2 aliphatic heterocycles. The number of carboxylic acid groups (broad SMARTS) is 1. The second kappa shape index (κ2) is 11.8. The molecule has 8 nitrogen and oxygen atoms in total. The van der Waals surface area contributed by atoms with Crippen LogP contribution in [-0.2, 0) is 16.0 Å². The number of ether oxygens (including phenoxy) is 1. The summed E-state index contributed by atoms with van der Waals surface area (Å²) < 4.78 is 5.83. The van der Waals surface area contributed by atoms with Crippen LogP contribution in [0, 0.1) is 5.92 Å². The quantitative estimate of drug-likeness (QED) is 0.289. The van der Waals surface area contributed by atoms with E-state index in [1.165, 1.54) is 19.3 Å². The molecule has 2 aliphatic rings. The molecule has 35 heavy (non-hydrogen) atoms. The maximum atomic E-state index is 12.7. The molecule has 2 heterocycles. The van der Waals surface area contributed by atoms with Gasteiger partial charge in [0.1, 0.15) is 11.8 Å². The van der Waals surface area contributed by atoms with Crippen molar-refractivity contribution in [3.05, 3.63) is 59.7 Å². The summed E-state index contributed by atoms with van der Waals surface area (Å²) in [5.74, 6) is -0.598. The minimum absolute atomic E-state index is 0.103. The second-order valence-corrected chi connectivity index (χ2v) is 9.27. The minimum Gasteiger partial charge on any atom is -0.494 e. The van der Waals surface area contributed by atoms with E-state index in [9.17, 15) is 19.5 Å². The number of anilines is 1. The second-order valence-electron chi connectivity index (χ2n) is 9.27. The van der Waals surface area contributed by atoms with E-state index in [0.29, 0.717) is 17.9 Å². The van der Waals surface area contributed by atoms with Crippen LogP contribution in [0.5, 0.6) is 5.75 Å². The fourth-order valence-corrected chi connectivity index (χ4v) is 4.69. The van der Waals surface area contributed by atoms with Crippen LogP contribution < -0.4 is 20.7 Å². The fraction of sp³-hybridized carbons (Fsp3) is 0.444. The smallest absolute Gasteiger partial charge is 0.326 e. The number of aliphatic carboxylic acids is 1. The molecule has 0 aliphatic carbocycles. The first-order valence-corrected chi connectivity index (χ1v) is 12.4. The number of rotatable bonds is 11. The van der Waals surface area contributed by atoms with Gasteiger partial charge in [-0.25, -0.2) is 4.79 Å². The van der Waals surface area contributed by atoms with E-state index < -0.39 is 24.0 Å². The zero-order valence-corrected chi connectivity index (χ0v) is 19.8. The molecule has 2 atom stereocenters. The van der Waals surface area contributed by atoms with Gasteiger partial charge in [-0.05, 0) is 74.5 Å². The zero-order valence-electron chi connectivity index (χ0n) is 19.8. The number of Topliss-reactive ketones (excluding diaryl/α,β-unsaturated/α-hetero) is 1. The first-order chi connectivity index (χ1) is 17.0. The molecule has 0 aromatic heterocycles. The standard InChI is InChI=1S/C27H33N3O5/c31-25-21-6-1-2-7-22(21)29-24(25)26(32)30-23(27(33)34)17-19-8-10-20(11-9-19)35-16-4-3-5-18-12-14-28-15-13-18/h1-2,6-11,18,23-24,28-29H,3-5,12-17H2,(H,30,32)(H,33,34). The highest BCUT2D eigenvalue weighted by Gasteiger charge is 2.36. The van der Waals surface area contributed by atoms with E-state index in [-0.39, 0.29) is 12.2 Å². The first-order valence-electron chi connectivity index (χ1n) is 12.4. The molecule has 1 fully saturated rings. The van der Waals surface area contributed by atoms with E-state index in [1.807, 2.05) is 12.1 Å². The van der Waals surface area contributed by atoms with E-state index in [1.54, 1.807) is 36.4 Å². The molecule has 4 N–H and O–H groups in total. The zero-order chi connectivity index (χ0) is 24.6. The lowest BCUT2D eigenvalue weighted by Gasteiger charge is -2.22. The van der Waals surface area contributed by atoms with Crippen molar-refractivity contribution in [3.8, 4) is 5.75 Å². The average Bonchev–Trinajstić information content (AvgIpc) is 3.21. The van der Waals surface area contributed by atoms with Gasteiger partial charge in [0, 0.05) is 17.7 Å². The lowest BCUT2D eigenvalue weighted by atomic mass is 9.93. The number of benzene rings is 2. The van der Waals surface area contributed by atoms with E-state index >= 15 is 0 Å². The number of nitrogens with one attached hydrogen (secondary N) is 3. The summed E-state index contributed by atoms with van der Waals surface area (Å²) in [6.45, 7) is 2.91. The number of para-hydroxylation sites is 1. The molecule has 0 spiro atoms. The normalized spacial score (nSPS) is 18.4. The van der Waals surface area contributed by atoms with E-state index in [0.717, 1.165) is 43.2 Å². The number of hydrogen-bond donors (Lipinski definition) is 4. The Balaban J connectivity index is 1.23. The number of amides is 1. The molecule has 186 valence electrons. The van der Waals surface area contributed by atoms with Crippen molar-refractivity contribution in [3.63, 3.8) is 0 Å². The van der Waals surface area contributed by atoms with Crippen molar-refractivity contribution in [1.29, 1.82) is 0 Å². The lowest BCUT2D eigenvalue weighted by molar-refractivity contribution is -0.141. The third-order valence-corrected chi connectivity index (χ3v) is 6.73. The Kier molecular flexibility index (Phi) is 8.36. The van der Waals surface area contributed by atoms with Crippen molar-refractivity contribution in [1.82, 2.24) is 10.6 Å². The van der Waals surface area contributed by atoms with Gasteiger partial charge in [-0.15, -0.1) is 0 Å². The highest BCUT2D eigenvalue weighted by molar-refractivity contribution is 6.21. The third kappa shape index (κ3) is 6.60. The van der Waals surface area contributed by atoms with Gasteiger partial charge in [0.2, 0.25) is 0 Å². The summed E-state index contributed by atoms with van der Waals surface area (Å²) in [7, 11) is 0. The topological polar surface area (TPSA) is 117 Å². The number of hydrogen-bond acceptors (Lipinski definition) is 6. The Morgan fingerprint density at radius 1 is 1.06 bits per heavy atom. The lowest BCUT2D eigenvalue weighted by Crippen LogP contribution is -2.49. The third-order valence-electron chi connectivity index (χ3n) is 6.73. The Morgan fingerprint density at radius 3 is 2.51 bits per heavy atom. The number of piperidine rings is 1. The summed E-state index contributed by atoms with van der Waals surface area (Å²) in [4.78, 5) is 37.0. The number of carboxylic acids is 1. The highest BCUT2D eigenvalue weighted by Crippen LogP contribution is 2.25. The molecule has 2 aromatic rings. The van der Waals surface area contributed by atoms with Gasteiger partial charge in [0.25, 0.3) is 5.91 Å². The SMILES string of the molecule is O=C(O)C(Cc1ccc(OCCCCC2CCNCC2)cc1)NC(=O)C1Nc2ccccc2C1=O. The molecule has 8 heteroatoms. The van der Waals surface area contributed by atoms with Gasteiger partial charge in [-0.1, -0.05) is 30.7 Å². The average molecular weight is 480 g/mol. The van der Waals surface area contributed by atoms with Crippen LogP contribution >= 0.6 is 0 Å². The summed E-state index contributed by atoms with van der Waals surface area (Å²) in [5.41, 5.74) is 1.76. The molecular formula is C27H33N3O5. The van der Waals surface area contributed by atoms with Gasteiger partial charge >= 0.3 is 5.97 Å². The molecule has 0 bridgehead atoms.